The average Bonchev–Trinajstić information content (AvgIpc) is 2.18. The van der Waals surface area contributed by atoms with Crippen LogP contribution in [0.1, 0.15) is 0 Å². The molecule has 0 bridgehead atoms. The van der Waals surface area contributed by atoms with Gasteiger partial charge in [0.2, 0.25) is 5.82 Å². The molecule has 0 heterocycles. The number of hydrogen-bond donors (Lipinski definition) is 1. The molecule has 5 nitrogen and oxygen atoms in total. The molecule has 0 radical (unpaired) electrons. The third-order valence-corrected chi connectivity index (χ3v) is 2.96. The van der Waals surface area contributed by atoms with Crippen LogP contribution in [-0.2, 0) is 13.8 Å². The van der Waals surface area contributed by atoms with Crippen molar-refractivity contribution in [2.24, 2.45) is 0 Å². The molecule has 1 N–H and O–H groups in total. The van der Waals surface area contributed by atoms with Crippen molar-refractivity contribution in [3.05, 3.63) is 23.8 Å². The van der Waals surface area contributed by atoms with Crippen LogP contribution in [0.15, 0.2) is 17.0 Å². The van der Waals surface area contributed by atoms with E-state index in [-0.39, 0.29) is 0 Å². The molecule has 0 aromatic heterocycles. The van der Waals surface area contributed by atoms with Gasteiger partial charge in [0.25, 0.3) is 9.05 Å². The monoisotopic (exact) mass is 286 g/mol. The van der Waals surface area contributed by atoms with Crippen molar-refractivity contribution in [1.82, 2.24) is 0 Å². The van der Waals surface area contributed by atoms with Crippen molar-refractivity contribution in [3.63, 3.8) is 0 Å². The van der Waals surface area contributed by atoms with Gasteiger partial charge in [0.05, 0.1) is 0 Å². The normalized spacial score (nSPS) is 11.2. The number of aliphatic carboxylic acids is 1. The van der Waals surface area contributed by atoms with Crippen LogP contribution in [0.3, 0.4) is 0 Å². The van der Waals surface area contributed by atoms with Crippen LogP contribution >= 0.6 is 10.7 Å². The smallest absolute Gasteiger partial charge is 0.341 e. The highest BCUT2D eigenvalue weighted by molar-refractivity contribution is 8.13. The first-order valence-corrected chi connectivity index (χ1v) is 6.31. The number of carboxylic acids is 1. The highest BCUT2D eigenvalue weighted by Crippen LogP contribution is 2.27. The van der Waals surface area contributed by atoms with E-state index in [2.05, 4.69) is 4.74 Å². The van der Waals surface area contributed by atoms with E-state index in [1.165, 1.54) is 0 Å². The highest BCUT2D eigenvalue weighted by atomic mass is 35.7. The second kappa shape index (κ2) is 4.84. The standard InChI is InChI=1S/C8H5ClF2O5S/c9-17(14,15)5-2-1-4(7(10)8(5)11)16-3-6(12)13/h1-2H,3H2,(H,12,13). The van der Waals surface area contributed by atoms with Gasteiger partial charge < -0.3 is 9.84 Å². The number of benzene rings is 1. The Hall–Kier alpha value is -1.41. The first-order valence-electron chi connectivity index (χ1n) is 4.00. The highest BCUT2D eigenvalue weighted by Gasteiger charge is 2.22. The summed E-state index contributed by atoms with van der Waals surface area (Å²) in [6.07, 6.45) is 0. The van der Waals surface area contributed by atoms with Gasteiger partial charge in [0.1, 0.15) is 4.90 Å². The fourth-order valence-electron chi connectivity index (χ4n) is 0.953. The minimum absolute atomic E-state index is 0.679. The molecule has 0 saturated carbocycles. The van der Waals surface area contributed by atoms with Crippen molar-refractivity contribution in [2.75, 3.05) is 6.61 Å². The molecule has 0 aliphatic carbocycles. The Morgan fingerprint density at radius 1 is 1.35 bits per heavy atom. The number of halogens is 3. The Bertz CT molecular complexity index is 557. The van der Waals surface area contributed by atoms with E-state index in [0.717, 1.165) is 6.07 Å². The van der Waals surface area contributed by atoms with Gasteiger partial charge in [-0.1, -0.05) is 0 Å². The number of carboxylic acid groups (broad SMARTS) is 1. The Morgan fingerprint density at radius 2 is 1.94 bits per heavy atom. The quantitative estimate of drug-likeness (QED) is 0.845. The van der Waals surface area contributed by atoms with Crippen molar-refractivity contribution in [3.8, 4) is 5.75 Å². The molecular weight excluding hydrogens is 282 g/mol. The molecule has 0 atom stereocenters. The molecule has 0 unspecified atom stereocenters. The van der Waals surface area contributed by atoms with Gasteiger partial charge in [-0.15, -0.1) is 0 Å². The molecule has 1 aromatic carbocycles. The molecule has 0 fully saturated rings. The number of hydrogen-bond acceptors (Lipinski definition) is 4. The predicted molar refractivity (Wildman–Crippen MR) is 52.5 cm³/mol. The minimum atomic E-state index is -4.42. The van der Waals surface area contributed by atoms with Crippen LogP contribution in [0.25, 0.3) is 0 Å². The maximum Gasteiger partial charge on any atom is 0.341 e. The number of carbonyl (C=O) groups is 1. The topological polar surface area (TPSA) is 80.7 Å². The van der Waals surface area contributed by atoms with Crippen molar-refractivity contribution < 1.29 is 31.8 Å². The zero-order chi connectivity index (χ0) is 13.2. The molecule has 1 aromatic rings. The lowest BCUT2D eigenvalue weighted by molar-refractivity contribution is -0.139. The van der Waals surface area contributed by atoms with Gasteiger partial charge in [-0.2, -0.15) is 4.39 Å². The summed E-state index contributed by atoms with van der Waals surface area (Å²) in [6, 6.07) is 1.45. The summed E-state index contributed by atoms with van der Waals surface area (Å²) in [4.78, 5) is 9.09. The van der Waals surface area contributed by atoms with Crippen LogP contribution < -0.4 is 4.74 Å². The Balaban J connectivity index is 3.16. The van der Waals surface area contributed by atoms with Gasteiger partial charge in [0.15, 0.2) is 18.2 Å². The molecule has 1 rings (SSSR count). The Kier molecular flexibility index (Phi) is 3.89. The molecule has 0 aliphatic heterocycles. The lowest BCUT2D eigenvalue weighted by atomic mass is 10.3. The zero-order valence-corrected chi connectivity index (χ0v) is 9.56. The first kappa shape index (κ1) is 13.7. The van der Waals surface area contributed by atoms with E-state index >= 15 is 0 Å². The number of rotatable bonds is 4. The van der Waals surface area contributed by atoms with Crippen LogP contribution in [0.2, 0.25) is 0 Å². The van der Waals surface area contributed by atoms with E-state index in [9.17, 15) is 22.0 Å². The zero-order valence-electron chi connectivity index (χ0n) is 7.98. The maximum atomic E-state index is 13.2. The Labute approximate surface area is 99.0 Å². The average molecular weight is 287 g/mol. The summed E-state index contributed by atoms with van der Waals surface area (Å²) in [7, 11) is 0.428. The van der Waals surface area contributed by atoms with E-state index < -0.39 is 43.9 Å². The maximum absolute atomic E-state index is 13.2. The van der Waals surface area contributed by atoms with Crippen LogP contribution in [0.4, 0.5) is 8.78 Å². The SMILES string of the molecule is O=C(O)COc1ccc(S(=O)(=O)Cl)c(F)c1F. The van der Waals surface area contributed by atoms with E-state index in [1.807, 2.05) is 0 Å². The van der Waals surface area contributed by atoms with Gasteiger partial charge in [-0.3, -0.25) is 0 Å². The van der Waals surface area contributed by atoms with Crippen molar-refractivity contribution >= 4 is 25.7 Å². The fourth-order valence-corrected chi connectivity index (χ4v) is 1.85. The van der Waals surface area contributed by atoms with E-state index in [1.54, 1.807) is 0 Å². The Morgan fingerprint density at radius 3 is 2.41 bits per heavy atom. The molecular formula is C8H5ClF2O5S. The summed E-state index contributed by atoms with van der Waals surface area (Å²) in [5.41, 5.74) is 0. The van der Waals surface area contributed by atoms with Crippen LogP contribution in [0, 0.1) is 11.6 Å². The molecule has 0 saturated heterocycles. The van der Waals surface area contributed by atoms with Crippen molar-refractivity contribution in [1.29, 1.82) is 0 Å². The summed E-state index contributed by atoms with van der Waals surface area (Å²) >= 11 is 0. The van der Waals surface area contributed by atoms with Crippen molar-refractivity contribution in [2.45, 2.75) is 4.90 Å². The lowest BCUT2D eigenvalue weighted by Gasteiger charge is -2.06. The lowest BCUT2D eigenvalue weighted by Crippen LogP contribution is -2.11. The van der Waals surface area contributed by atoms with Gasteiger partial charge in [0, 0.05) is 10.7 Å². The first-order chi connectivity index (χ1) is 7.73. The fraction of sp³-hybridized carbons (Fsp3) is 0.125. The molecule has 9 heteroatoms. The largest absolute Gasteiger partial charge is 0.479 e. The molecule has 0 spiro atoms. The van der Waals surface area contributed by atoms with Gasteiger partial charge in [-0.25, -0.2) is 17.6 Å². The molecule has 94 valence electrons. The second-order valence-corrected chi connectivity index (χ2v) is 5.34. The summed E-state index contributed by atoms with van der Waals surface area (Å²) in [5.74, 6) is -5.44. The van der Waals surface area contributed by atoms with Gasteiger partial charge >= 0.3 is 5.97 Å². The summed E-state index contributed by atoms with van der Waals surface area (Å²) in [5, 5.41) is 8.26. The summed E-state index contributed by atoms with van der Waals surface area (Å²) < 4.78 is 52.5. The second-order valence-electron chi connectivity index (χ2n) is 2.81. The van der Waals surface area contributed by atoms with Gasteiger partial charge in [-0.05, 0) is 12.1 Å². The minimum Gasteiger partial charge on any atom is -0.479 e. The molecule has 17 heavy (non-hydrogen) atoms. The third kappa shape index (κ3) is 3.27. The molecule has 0 amide bonds. The summed E-state index contributed by atoms with van der Waals surface area (Å²) in [6.45, 7) is -0.886. The van der Waals surface area contributed by atoms with Crippen LogP contribution in [0.5, 0.6) is 5.75 Å². The number of ether oxygens (including phenoxy) is 1. The third-order valence-electron chi connectivity index (χ3n) is 1.63. The predicted octanol–water partition coefficient (Wildman–Crippen LogP) is 1.36. The van der Waals surface area contributed by atoms with Crippen LogP contribution in [-0.4, -0.2) is 26.1 Å². The van der Waals surface area contributed by atoms with E-state index in [0.29, 0.717) is 6.07 Å². The molecule has 0 aliphatic rings. The van der Waals surface area contributed by atoms with E-state index in [4.69, 9.17) is 15.8 Å².